The molecule has 2 N–H and O–H groups in total. The monoisotopic (exact) mass is 514 g/mol. The van der Waals surface area contributed by atoms with Crippen molar-refractivity contribution in [2.75, 3.05) is 38.2 Å². The van der Waals surface area contributed by atoms with Crippen LogP contribution in [-0.2, 0) is 11.3 Å². The number of nitrogens with zero attached hydrogens (tertiary/aromatic N) is 5. The summed E-state index contributed by atoms with van der Waals surface area (Å²) in [6.45, 7) is 1.97. The van der Waals surface area contributed by atoms with E-state index >= 15 is 0 Å². The molecule has 4 rings (SSSR count). The average Bonchev–Trinajstić information content (AvgIpc) is 3.17. The van der Waals surface area contributed by atoms with Crippen molar-refractivity contribution in [1.82, 2.24) is 19.8 Å². The number of piperazine rings is 1. The van der Waals surface area contributed by atoms with E-state index in [9.17, 15) is 22.8 Å². The first kappa shape index (κ1) is 24.7. The Morgan fingerprint density at radius 3 is 2.60 bits per heavy atom. The van der Waals surface area contributed by atoms with Crippen LogP contribution in [0, 0.1) is 0 Å². The standard InChI is InChI=1S/C20H21F3N6O5S/c1-32-15-14-16(26-11-25-15)35-19(29(14)17(24)30)33-18(31)28-7-5-27(6-8-28)10-12-3-2-4-13(9-12)34-20(21,22)23/h2-4,9,11,19H,5-8,10H2,1H3,(H2,24,30). The van der Waals surface area contributed by atoms with Crippen molar-refractivity contribution in [2.45, 2.75) is 23.5 Å². The highest BCUT2D eigenvalue weighted by Crippen LogP contribution is 2.46. The van der Waals surface area contributed by atoms with Crippen molar-refractivity contribution in [2.24, 2.45) is 5.73 Å². The number of alkyl halides is 3. The molecule has 2 aliphatic rings. The molecule has 15 heteroatoms. The van der Waals surface area contributed by atoms with Gasteiger partial charge in [0.1, 0.15) is 22.8 Å². The lowest BCUT2D eigenvalue weighted by Crippen LogP contribution is -2.50. The Balaban J connectivity index is 1.33. The first-order chi connectivity index (χ1) is 16.6. The lowest BCUT2D eigenvalue weighted by Gasteiger charge is -2.35. The molecule has 0 saturated carbocycles. The number of benzene rings is 1. The summed E-state index contributed by atoms with van der Waals surface area (Å²) < 4.78 is 52.0. The molecule has 0 bridgehead atoms. The number of methoxy groups -OCH3 is 1. The highest BCUT2D eigenvalue weighted by Gasteiger charge is 2.41. The maximum absolute atomic E-state index is 12.8. The van der Waals surface area contributed by atoms with Crippen molar-refractivity contribution in [3.05, 3.63) is 36.2 Å². The predicted molar refractivity (Wildman–Crippen MR) is 117 cm³/mol. The third kappa shape index (κ3) is 5.79. The number of carbonyl (C=O) groups is 2. The van der Waals surface area contributed by atoms with Gasteiger partial charge in [0.2, 0.25) is 11.4 Å². The normalized spacial score (nSPS) is 18.2. The molecular formula is C20H21F3N6O5S. The van der Waals surface area contributed by atoms with E-state index in [-0.39, 0.29) is 17.3 Å². The van der Waals surface area contributed by atoms with Gasteiger partial charge in [-0.1, -0.05) is 12.1 Å². The van der Waals surface area contributed by atoms with Gasteiger partial charge in [-0.3, -0.25) is 4.90 Å². The van der Waals surface area contributed by atoms with Crippen molar-refractivity contribution < 1.29 is 37.0 Å². The van der Waals surface area contributed by atoms with Gasteiger partial charge >= 0.3 is 18.5 Å². The zero-order valence-electron chi connectivity index (χ0n) is 18.4. The van der Waals surface area contributed by atoms with Gasteiger partial charge in [0.05, 0.1) is 7.11 Å². The van der Waals surface area contributed by atoms with Crippen molar-refractivity contribution in [3.8, 4) is 11.6 Å². The SMILES string of the molecule is COc1ncnc2c1N(C(N)=O)C(OC(=O)N1CCN(Cc3cccc(OC(F)(F)F)c3)CC1)S2. The number of thioether (sulfide) groups is 1. The number of rotatable bonds is 5. The van der Waals surface area contributed by atoms with Gasteiger partial charge in [0.25, 0.3) is 0 Å². The molecule has 3 amide bonds. The second-order valence-electron chi connectivity index (χ2n) is 7.51. The first-order valence-electron chi connectivity index (χ1n) is 10.3. The van der Waals surface area contributed by atoms with Gasteiger partial charge < -0.3 is 24.8 Å². The molecule has 11 nitrogen and oxygen atoms in total. The number of halogens is 3. The van der Waals surface area contributed by atoms with Crippen molar-refractivity contribution >= 4 is 29.6 Å². The smallest absolute Gasteiger partial charge is 0.479 e. The fourth-order valence-electron chi connectivity index (χ4n) is 3.68. The predicted octanol–water partition coefficient (Wildman–Crippen LogP) is 2.61. The fourth-order valence-corrected chi connectivity index (χ4v) is 4.72. The summed E-state index contributed by atoms with van der Waals surface area (Å²) in [6.07, 6.45) is -4.14. The Hall–Kier alpha value is -3.46. The van der Waals surface area contributed by atoms with Gasteiger partial charge in [-0.2, -0.15) is 4.98 Å². The minimum atomic E-state index is -4.76. The molecule has 35 heavy (non-hydrogen) atoms. The number of primary amides is 1. The number of hydrogen-bond donors (Lipinski definition) is 1. The van der Waals surface area contributed by atoms with E-state index in [1.807, 2.05) is 4.90 Å². The molecule has 1 aromatic heterocycles. The molecule has 2 aliphatic heterocycles. The zero-order valence-corrected chi connectivity index (χ0v) is 19.2. The van der Waals surface area contributed by atoms with E-state index in [1.54, 1.807) is 6.07 Å². The van der Waals surface area contributed by atoms with E-state index in [0.29, 0.717) is 43.3 Å². The summed E-state index contributed by atoms with van der Waals surface area (Å²) in [5.41, 5.74) is 5.30. The van der Waals surface area contributed by atoms with E-state index in [2.05, 4.69) is 14.7 Å². The maximum atomic E-state index is 12.8. The summed E-state index contributed by atoms with van der Waals surface area (Å²) in [5.74, 6) is -0.161. The van der Waals surface area contributed by atoms with Crippen LogP contribution in [-0.4, -0.2) is 77.1 Å². The zero-order chi connectivity index (χ0) is 25.2. The Morgan fingerprint density at radius 1 is 1.20 bits per heavy atom. The third-order valence-corrected chi connectivity index (χ3v) is 6.25. The first-order valence-corrected chi connectivity index (χ1v) is 11.2. The van der Waals surface area contributed by atoms with Crippen LogP contribution in [0.5, 0.6) is 11.6 Å². The number of carbonyl (C=O) groups excluding carboxylic acids is 2. The summed E-state index contributed by atoms with van der Waals surface area (Å²) in [4.78, 5) is 37.4. The molecule has 1 fully saturated rings. The fraction of sp³-hybridized carbons (Fsp3) is 0.400. The number of hydrogen-bond acceptors (Lipinski definition) is 9. The molecule has 0 aliphatic carbocycles. The van der Waals surface area contributed by atoms with E-state index in [0.717, 1.165) is 16.7 Å². The Labute approximate surface area is 201 Å². The molecule has 2 aromatic rings. The number of anilines is 1. The van der Waals surface area contributed by atoms with Crippen LogP contribution in [0.2, 0.25) is 0 Å². The van der Waals surface area contributed by atoms with Gasteiger partial charge in [-0.15, -0.1) is 13.2 Å². The topological polar surface area (TPSA) is 123 Å². The molecule has 0 radical (unpaired) electrons. The maximum Gasteiger partial charge on any atom is 0.573 e. The Kier molecular flexibility index (Phi) is 7.07. The molecule has 1 unspecified atom stereocenters. The summed E-state index contributed by atoms with van der Waals surface area (Å²) in [6, 6.07) is 4.91. The van der Waals surface area contributed by atoms with Gasteiger partial charge in [0.15, 0.2) is 0 Å². The molecular weight excluding hydrogens is 493 g/mol. The molecule has 1 aromatic carbocycles. The lowest BCUT2D eigenvalue weighted by atomic mass is 10.2. The largest absolute Gasteiger partial charge is 0.573 e. The number of amides is 3. The van der Waals surface area contributed by atoms with Gasteiger partial charge in [-0.05, 0) is 29.5 Å². The van der Waals surface area contributed by atoms with E-state index in [4.69, 9.17) is 15.2 Å². The minimum Gasteiger partial charge on any atom is -0.479 e. The number of aromatic nitrogens is 2. The van der Waals surface area contributed by atoms with Crippen LogP contribution in [0.15, 0.2) is 35.6 Å². The molecule has 0 spiro atoms. The second kappa shape index (κ2) is 10.0. The van der Waals surface area contributed by atoms with Crippen molar-refractivity contribution in [3.63, 3.8) is 0 Å². The molecule has 3 heterocycles. The molecule has 1 atom stereocenters. The quantitative estimate of drug-likeness (QED) is 0.600. The highest BCUT2D eigenvalue weighted by molar-refractivity contribution is 8.00. The summed E-state index contributed by atoms with van der Waals surface area (Å²) >= 11 is 1.02. The summed E-state index contributed by atoms with van der Waals surface area (Å²) in [5, 5.41) is 0.384. The molecule has 188 valence electrons. The van der Waals surface area contributed by atoms with Crippen LogP contribution in [0.25, 0.3) is 0 Å². The van der Waals surface area contributed by atoms with Crippen LogP contribution < -0.4 is 20.1 Å². The van der Waals surface area contributed by atoms with Crippen molar-refractivity contribution in [1.29, 1.82) is 0 Å². The minimum absolute atomic E-state index is 0.123. The lowest BCUT2D eigenvalue weighted by molar-refractivity contribution is -0.274. The summed E-state index contributed by atoms with van der Waals surface area (Å²) in [7, 11) is 1.38. The Morgan fingerprint density at radius 2 is 1.94 bits per heavy atom. The van der Waals surface area contributed by atoms with E-state index < -0.39 is 24.0 Å². The van der Waals surface area contributed by atoms with Gasteiger partial charge in [0, 0.05) is 32.7 Å². The number of nitrogens with two attached hydrogens (primary N) is 1. The Bertz CT molecular complexity index is 1100. The van der Waals surface area contributed by atoms with Crippen LogP contribution in [0.4, 0.5) is 28.4 Å². The van der Waals surface area contributed by atoms with Crippen LogP contribution in [0.3, 0.4) is 0 Å². The average molecular weight is 514 g/mol. The second-order valence-corrected chi connectivity index (χ2v) is 8.54. The van der Waals surface area contributed by atoms with Crippen LogP contribution >= 0.6 is 11.8 Å². The molecule has 1 saturated heterocycles. The number of urea groups is 1. The third-order valence-electron chi connectivity index (χ3n) is 5.22. The van der Waals surface area contributed by atoms with E-state index in [1.165, 1.54) is 36.5 Å². The number of ether oxygens (including phenoxy) is 3. The highest BCUT2D eigenvalue weighted by atomic mass is 32.2. The van der Waals surface area contributed by atoms with Gasteiger partial charge in [-0.25, -0.2) is 19.5 Å². The number of fused-ring (bicyclic) bond motifs is 1. The van der Waals surface area contributed by atoms with Crippen LogP contribution in [0.1, 0.15) is 5.56 Å².